The van der Waals surface area contributed by atoms with Crippen LogP contribution in [0.2, 0.25) is 0 Å². The molecule has 0 saturated carbocycles. The number of ketones is 1. The van der Waals surface area contributed by atoms with E-state index in [4.69, 9.17) is 4.74 Å². The largest absolute Gasteiger partial charge is 0.484 e. The van der Waals surface area contributed by atoms with Gasteiger partial charge in [0.25, 0.3) is 5.91 Å². The molecule has 5 nitrogen and oxygen atoms in total. The van der Waals surface area contributed by atoms with Gasteiger partial charge in [0.2, 0.25) is 0 Å². The summed E-state index contributed by atoms with van der Waals surface area (Å²) in [7, 11) is 0. The number of rotatable bonds is 7. The maximum atomic E-state index is 12.5. The van der Waals surface area contributed by atoms with Crippen molar-refractivity contribution in [1.82, 2.24) is 9.80 Å². The first-order valence-electron chi connectivity index (χ1n) is 9.96. The molecule has 0 N–H and O–H groups in total. The van der Waals surface area contributed by atoms with E-state index in [2.05, 4.69) is 29.2 Å². The number of carbonyl (C=O) groups excluding carboxylic acids is 2. The summed E-state index contributed by atoms with van der Waals surface area (Å²) in [5, 5.41) is 0. The van der Waals surface area contributed by atoms with E-state index < -0.39 is 0 Å². The van der Waals surface area contributed by atoms with E-state index in [1.165, 1.54) is 5.56 Å². The summed E-state index contributed by atoms with van der Waals surface area (Å²) in [6.45, 7) is 6.13. The lowest BCUT2D eigenvalue weighted by Crippen LogP contribution is -2.38. The number of amides is 1. The molecule has 0 aliphatic carbocycles. The molecule has 0 bridgehead atoms. The lowest BCUT2D eigenvalue weighted by Gasteiger charge is -2.22. The second-order valence-corrected chi connectivity index (χ2v) is 7.09. The highest BCUT2D eigenvalue weighted by Crippen LogP contribution is 2.14. The molecule has 28 heavy (non-hydrogen) atoms. The topological polar surface area (TPSA) is 49.9 Å². The number of hydrogen-bond donors (Lipinski definition) is 0. The van der Waals surface area contributed by atoms with E-state index >= 15 is 0 Å². The van der Waals surface area contributed by atoms with Gasteiger partial charge in [0.15, 0.2) is 12.4 Å². The minimum atomic E-state index is 0.00951. The van der Waals surface area contributed by atoms with Crippen molar-refractivity contribution < 1.29 is 14.3 Å². The van der Waals surface area contributed by atoms with E-state index in [0.29, 0.717) is 17.7 Å². The Morgan fingerprint density at radius 2 is 1.68 bits per heavy atom. The third-order valence-corrected chi connectivity index (χ3v) is 5.05. The number of nitrogens with zero attached hydrogens (tertiary/aromatic N) is 2. The molecule has 0 aromatic heterocycles. The third kappa shape index (κ3) is 5.67. The Labute approximate surface area is 166 Å². The van der Waals surface area contributed by atoms with Gasteiger partial charge in [-0.1, -0.05) is 37.3 Å². The maximum Gasteiger partial charge on any atom is 0.260 e. The molecule has 5 heteroatoms. The molecule has 3 rings (SSSR count). The van der Waals surface area contributed by atoms with Crippen LogP contribution in [0.15, 0.2) is 54.6 Å². The molecule has 1 saturated heterocycles. The molecular weight excluding hydrogens is 352 g/mol. The smallest absolute Gasteiger partial charge is 0.260 e. The van der Waals surface area contributed by atoms with Crippen molar-refractivity contribution in [2.75, 3.05) is 32.8 Å². The average Bonchev–Trinajstić information content (AvgIpc) is 2.98. The highest BCUT2D eigenvalue weighted by atomic mass is 16.5. The van der Waals surface area contributed by atoms with Crippen LogP contribution >= 0.6 is 0 Å². The Morgan fingerprint density at radius 3 is 2.39 bits per heavy atom. The van der Waals surface area contributed by atoms with E-state index in [1.807, 2.05) is 17.9 Å². The molecule has 0 radical (unpaired) electrons. The molecular formula is C23H28N2O3. The van der Waals surface area contributed by atoms with Gasteiger partial charge in [-0.15, -0.1) is 0 Å². The van der Waals surface area contributed by atoms with Crippen molar-refractivity contribution in [3.63, 3.8) is 0 Å². The summed E-state index contributed by atoms with van der Waals surface area (Å²) in [5.74, 6) is 0.726. The lowest BCUT2D eigenvalue weighted by molar-refractivity contribution is -0.133. The molecule has 2 aromatic carbocycles. The zero-order chi connectivity index (χ0) is 19.8. The summed E-state index contributed by atoms with van der Waals surface area (Å²) in [6, 6.07) is 17.4. The molecule has 1 aliphatic heterocycles. The van der Waals surface area contributed by atoms with Crippen molar-refractivity contribution in [1.29, 1.82) is 0 Å². The predicted octanol–water partition coefficient (Wildman–Crippen LogP) is 3.39. The summed E-state index contributed by atoms with van der Waals surface area (Å²) in [6.07, 6.45) is 1.45. The Kier molecular flexibility index (Phi) is 7.20. The van der Waals surface area contributed by atoms with Gasteiger partial charge in [-0.25, -0.2) is 0 Å². The number of hydrogen-bond acceptors (Lipinski definition) is 4. The number of carbonyl (C=O) groups is 2. The monoisotopic (exact) mass is 380 g/mol. The molecule has 0 spiro atoms. The Hall–Kier alpha value is -2.66. The minimum Gasteiger partial charge on any atom is -0.484 e. The summed E-state index contributed by atoms with van der Waals surface area (Å²) >= 11 is 0. The second-order valence-electron chi connectivity index (χ2n) is 7.09. The van der Waals surface area contributed by atoms with Crippen molar-refractivity contribution in [2.45, 2.75) is 26.3 Å². The van der Waals surface area contributed by atoms with Crippen LogP contribution in [0.3, 0.4) is 0 Å². The Balaban J connectivity index is 1.46. The number of ether oxygens (including phenoxy) is 1. The van der Waals surface area contributed by atoms with Crippen molar-refractivity contribution in [3.8, 4) is 5.75 Å². The van der Waals surface area contributed by atoms with Crippen LogP contribution in [-0.2, 0) is 11.3 Å². The van der Waals surface area contributed by atoms with Gasteiger partial charge >= 0.3 is 0 Å². The van der Waals surface area contributed by atoms with Crippen LogP contribution in [-0.4, -0.2) is 54.3 Å². The highest BCUT2D eigenvalue weighted by molar-refractivity contribution is 5.95. The van der Waals surface area contributed by atoms with Gasteiger partial charge in [-0.05, 0) is 36.2 Å². The van der Waals surface area contributed by atoms with Crippen molar-refractivity contribution in [2.24, 2.45) is 0 Å². The van der Waals surface area contributed by atoms with Gasteiger partial charge in [0.05, 0.1) is 0 Å². The first-order chi connectivity index (χ1) is 13.7. The summed E-state index contributed by atoms with van der Waals surface area (Å²) in [4.78, 5) is 28.5. The van der Waals surface area contributed by atoms with Gasteiger partial charge < -0.3 is 9.64 Å². The van der Waals surface area contributed by atoms with Crippen LogP contribution in [0.4, 0.5) is 0 Å². The van der Waals surface area contributed by atoms with Crippen LogP contribution in [0.25, 0.3) is 0 Å². The molecule has 0 atom stereocenters. The lowest BCUT2D eigenvalue weighted by atomic mass is 10.1. The summed E-state index contributed by atoms with van der Waals surface area (Å²) in [5.41, 5.74) is 1.97. The SMILES string of the molecule is CCC(=O)c1ccc(OCC(=O)N2CCCN(Cc3ccccc3)CC2)cc1. The van der Waals surface area contributed by atoms with Gasteiger partial charge in [-0.2, -0.15) is 0 Å². The standard InChI is InChI=1S/C23H28N2O3/c1-2-22(26)20-9-11-21(12-10-20)28-18-23(27)25-14-6-13-24(15-16-25)17-19-7-4-3-5-8-19/h3-5,7-12H,2,6,13-18H2,1H3. The van der Waals surface area contributed by atoms with E-state index in [-0.39, 0.29) is 18.3 Å². The van der Waals surface area contributed by atoms with Crippen LogP contribution < -0.4 is 4.74 Å². The Bertz CT molecular complexity index is 774. The van der Waals surface area contributed by atoms with Crippen LogP contribution in [0.1, 0.15) is 35.7 Å². The second kappa shape index (κ2) is 10.0. The minimum absolute atomic E-state index is 0.00951. The van der Waals surface area contributed by atoms with E-state index in [9.17, 15) is 9.59 Å². The van der Waals surface area contributed by atoms with Gasteiger partial charge in [0, 0.05) is 44.7 Å². The number of benzene rings is 2. The van der Waals surface area contributed by atoms with E-state index in [0.717, 1.165) is 39.1 Å². The third-order valence-electron chi connectivity index (χ3n) is 5.05. The highest BCUT2D eigenvalue weighted by Gasteiger charge is 2.19. The molecule has 148 valence electrons. The van der Waals surface area contributed by atoms with E-state index in [1.54, 1.807) is 24.3 Å². The molecule has 2 aromatic rings. The number of Topliss-reactive ketones (excluding diaryl/α,β-unsaturated/α-hetero) is 1. The molecule has 1 aliphatic rings. The molecule has 1 fully saturated rings. The van der Waals surface area contributed by atoms with Crippen LogP contribution in [0, 0.1) is 0 Å². The van der Waals surface area contributed by atoms with Crippen molar-refractivity contribution in [3.05, 3.63) is 65.7 Å². The first-order valence-corrected chi connectivity index (χ1v) is 9.96. The molecule has 1 heterocycles. The fourth-order valence-electron chi connectivity index (χ4n) is 3.40. The Morgan fingerprint density at radius 1 is 0.929 bits per heavy atom. The predicted molar refractivity (Wildman–Crippen MR) is 109 cm³/mol. The average molecular weight is 380 g/mol. The van der Waals surface area contributed by atoms with Crippen molar-refractivity contribution >= 4 is 11.7 Å². The maximum absolute atomic E-state index is 12.5. The quantitative estimate of drug-likeness (QED) is 0.691. The zero-order valence-electron chi connectivity index (χ0n) is 16.5. The van der Waals surface area contributed by atoms with Crippen LogP contribution in [0.5, 0.6) is 5.75 Å². The first kappa shape index (κ1) is 20.1. The fraction of sp³-hybridized carbons (Fsp3) is 0.391. The molecule has 1 amide bonds. The summed E-state index contributed by atoms with van der Waals surface area (Å²) < 4.78 is 5.64. The van der Waals surface area contributed by atoms with Gasteiger partial charge in [0.1, 0.15) is 5.75 Å². The van der Waals surface area contributed by atoms with Gasteiger partial charge in [-0.3, -0.25) is 14.5 Å². The zero-order valence-corrected chi connectivity index (χ0v) is 16.5. The fourth-order valence-corrected chi connectivity index (χ4v) is 3.40. The normalized spacial score (nSPS) is 15.1. The molecule has 0 unspecified atom stereocenters.